The Labute approximate surface area is 220 Å². The molecule has 162 valence electrons. The topological polar surface area (TPSA) is 35.5 Å². The Hall–Kier alpha value is -0.810. The van der Waals surface area contributed by atoms with E-state index in [1.165, 1.54) is 24.3 Å². The lowest BCUT2D eigenvalue weighted by atomic mass is 10.2. The third-order valence-corrected chi connectivity index (χ3v) is 8.11. The highest BCUT2D eigenvalue weighted by Gasteiger charge is 2.25. The number of thiol groups is 1. The Balaban J connectivity index is 1.73. The van der Waals surface area contributed by atoms with Crippen molar-refractivity contribution in [2.45, 2.75) is 11.5 Å². The van der Waals surface area contributed by atoms with E-state index < -0.39 is 39.9 Å². The summed E-state index contributed by atoms with van der Waals surface area (Å²) in [6.07, 6.45) is 0. The molecule has 0 amide bonds. The van der Waals surface area contributed by atoms with Gasteiger partial charge in [0, 0.05) is 16.3 Å². The van der Waals surface area contributed by atoms with Crippen LogP contribution in [0.15, 0.2) is 41.3 Å². The zero-order valence-corrected chi connectivity index (χ0v) is 22.4. The van der Waals surface area contributed by atoms with Gasteiger partial charge in [0.1, 0.15) is 12.4 Å². The van der Waals surface area contributed by atoms with Crippen LogP contribution >= 0.6 is 80.4 Å². The molecule has 0 unspecified atom stereocenters. The molecule has 3 aromatic rings. The summed E-state index contributed by atoms with van der Waals surface area (Å²) in [6.45, 7) is 0.0628. The molecule has 0 N–H and O–H groups in total. The average Bonchev–Trinajstić information content (AvgIpc) is 2.75. The first kappa shape index (κ1) is 24.8. The predicted molar refractivity (Wildman–Crippen MR) is 134 cm³/mol. The lowest BCUT2D eigenvalue weighted by molar-refractivity contribution is 0.0471. The summed E-state index contributed by atoms with van der Waals surface area (Å²) < 4.78 is 68.3. The van der Waals surface area contributed by atoms with Crippen molar-refractivity contribution in [2.75, 3.05) is 0 Å². The van der Waals surface area contributed by atoms with Gasteiger partial charge in [-0.1, -0.05) is 0 Å². The molecule has 0 aliphatic rings. The fraction of sp³-hybridized carbons (Fsp3) is 0.0500. The predicted octanol–water partition coefficient (Wildman–Crippen LogP) is 7.49. The third-order valence-electron chi connectivity index (χ3n) is 3.94. The van der Waals surface area contributed by atoms with Crippen LogP contribution in [0.5, 0.6) is 11.5 Å². The summed E-state index contributed by atoms with van der Waals surface area (Å²) in [5.74, 6) is -8.77. The van der Waals surface area contributed by atoms with E-state index >= 15 is 0 Å². The maximum Gasteiger partial charge on any atom is 0.338 e. The number of ether oxygens (including phenoxy) is 2. The Kier molecular flexibility index (Phi) is 8.34. The minimum absolute atomic E-state index is 0.0628. The van der Waals surface area contributed by atoms with Crippen LogP contribution in [0.3, 0.4) is 0 Å². The monoisotopic (exact) mass is 786 g/mol. The minimum atomic E-state index is -1.71. The van der Waals surface area contributed by atoms with Crippen molar-refractivity contribution in [1.82, 2.24) is 0 Å². The van der Waals surface area contributed by atoms with Gasteiger partial charge in [-0.25, -0.2) is 13.6 Å². The van der Waals surface area contributed by atoms with Crippen LogP contribution in [0, 0.1) is 34.0 Å². The molecule has 31 heavy (non-hydrogen) atoms. The van der Waals surface area contributed by atoms with Gasteiger partial charge in [-0.15, -0.1) is 12.6 Å². The number of hydrogen-bond donors (Lipinski definition) is 1. The van der Waals surface area contributed by atoms with Crippen molar-refractivity contribution in [3.8, 4) is 11.5 Å². The van der Waals surface area contributed by atoms with Gasteiger partial charge >= 0.3 is 5.97 Å². The smallest absolute Gasteiger partial charge is 0.338 e. The molecule has 0 atom stereocenters. The zero-order chi connectivity index (χ0) is 22.9. The molecule has 0 radical (unpaired) electrons. The maximum atomic E-state index is 13.9. The van der Waals surface area contributed by atoms with Gasteiger partial charge < -0.3 is 9.47 Å². The van der Waals surface area contributed by atoms with Crippen LogP contribution < -0.4 is 4.74 Å². The van der Waals surface area contributed by atoms with E-state index in [0.717, 1.165) is 16.3 Å². The molecule has 3 aromatic carbocycles. The molecule has 0 bridgehead atoms. The molecular weight excluding hydrogens is 777 g/mol. The summed E-state index contributed by atoms with van der Waals surface area (Å²) in [4.78, 5) is 11.2. The molecule has 3 rings (SSSR count). The number of halogens is 7. The molecule has 0 spiro atoms. The van der Waals surface area contributed by atoms with Crippen LogP contribution in [-0.2, 0) is 11.3 Å². The molecular formula is C20H9F4I3O3S. The summed E-state index contributed by atoms with van der Waals surface area (Å²) in [6, 6.07) is 8.95. The maximum absolute atomic E-state index is 13.9. The van der Waals surface area contributed by atoms with E-state index in [0.29, 0.717) is 0 Å². The Morgan fingerprint density at radius 3 is 2.06 bits per heavy atom. The van der Waals surface area contributed by atoms with Gasteiger partial charge in [-0.2, -0.15) is 8.78 Å². The second-order valence-electron chi connectivity index (χ2n) is 6.00. The van der Waals surface area contributed by atoms with Crippen molar-refractivity contribution in [3.05, 3.63) is 81.5 Å². The molecule has 0 saturated carbocycles. The van der Waals surface area contributed by atoms with Crippen molar-refractivity contribution < 1.29 is 31.8 Å². The van der Waals surface area contributed by atoms with Crippen molar-refractivity contribution in [2.24, 2.45) is 0 Å². The first-order chi connectivity index (χ1) is 14.6. The summed E-state index contributed by atoms with van der Waals surface area (Å²) >= 11 is 9.92. The molecule has 0 fully saturated rings. The van der Waals surface area contributed by atoms with Gasteiger partial charge in [-0.05, 0) is 104 Å². The number of benzene rings is 3. The second-order valence-corrected chi connectivity index (χ2v) is 9.93. The normalized spacial score (nSPS) is 10.8. The molecule has 0 aromatic heterocycles. The summed E-state index contributed by atoms with van der Waals surface area (Å²) in [5, 5.41) is 0. The van der Waals surface area contributed by atoms with E-state index in [-0.39, 0.29) is 17.9 Å². The summed E-state index contributed by atoms with van der Waals surface area (Å²) in [5.41, 5.74) is 1.01. The minimum Gasteiger partial charge on any atom is -0.457 e. The van der Waals surface area contributed by atoms with E-state index in [2.05, 4.69) is 80.4 Å². The molecule has 0 saturated heterocycles. The van der Waals surface area contributed by atoms with Gasteiger partial charge in [0.25, 0.3) is 0 Å². The van der Waals surface area contributed by atoms with Gasteiger partial charge in [0.15, 0.2) is 11.6 Å². The average molecular weight is 786 g/mol. The Bertz CT molecular complexity index is 1140. The van der Waals surface area contributed by atoms with E-state index in [1.807, 2.05) is 12.1 Å². The largest absolute Gasteiger partial charge is 0.457 e. The third kappa shape index (κ3) is 5.58. The molecule has 11 heteroatoms. The van der Waals surface area contributed by atoms with E-state index in [9.17, 15) is 22.4 Å². The first-order valence-electron chi connectivity index (χ1n) is 8.23. The van der Waals surface area contributed by atoms with Crippen LogP contribution in [0.2, 0.25) is 0 Å². The van der Waals surface area contributed by atoms with Crippen LogP contribution in [0.1, 0.15) is 15.9 Å². The van der Waals surface area contributed by atoms with Crippen LogP contribution in [0.25, 0.3) is 0 Å². The van der Waals surface area contributed by atoms with Crippen molar-refractivity contribution in [3.63, 3.8) is 0 Å². The number of hydrogen-bond acceptors (Lipinski definition) is 4. The standard InChI is InChI=1S/C20H9F4I3O3S/c21-13-15(23)19(31)16(24)14(22)18(13)30-11-3-1-8(2-4-11)20(28)29-7-9-5-10(25)6-12(26)17(9)27/h1-6,31H,7H2. The molecule has 3 nitrogen and oxygen atoms in total. The van der Waals surface area contributed by atoms with Crippen molar-refractivity contribution >= 4 is 86.4 Å². The first-order valence-corrected chi connectivity index (χ1v) is 11.9. The quantitative estimate of drug-likeness (QED) is 0.0959. The molecule has 0 aliphatic heterocycles. The number of esters is 1. The van der Waals surface area contributed by atoms with Gasteiger partial charge in [0.05, 0.1) is 10.5 Å². The number of carbonyl (C=O) groups excluding carboxylic acids is 1. The van der Waals surface area contributed by atoms with Crippen molar-refractivity contribution in [1.29, 1.82) is 0 Å². The Morgan fingerprint density at radius 2 is 1.48 bits per heavy atom. The van der Waals surface area contributed by atoms with Gasteiger partial charge in [-0.3, -0.25) is 0 Å². The number of carbonyl (C=O) groups is 1. The SMILES string of the molecule is O=C(OCc1cc(I)cc(I)c1I)c1ccc(Oc2c(F)c(F)c(S)c(F)c2F)cc1. The Morgan fingerprint density at radius 1 is 0.903 bits per heavy atom. The van der Waals surface area contributed by atoms with E-state index in [1.54, 1.807) is 0 Å². The van der Waals surface area contributed by atoms with E-state index in [4.69, 9.17) is 9.47 Å². The van der Waals surface area contributed by atoms with Crippen LogP contribution in [-0.4, -0.2) is 5.97 Å². The lowest BCUT2D eigenvalue weighted by Crippen LogP contribution is -2.07. The fourth-order valence-electron chi connectivity index (χ4n) is 2.41. The van der Waals surface area contributed by atoms with Crippen LogP contribution in [0.4, 0.5) is 17.6 Å². The van der Waals surface area contributed by atoms with Gasteiger partial charge in [0.2, 0.25) is 17.4 Å². The zero-order valence-electron chi connectivity index (χ0n) is 15.0. The summed E-state index contributed by atoms with van der Waals surface area (Å²) in [7, 11) is 0. The molecule has 0 heterocycles. The highest BCUT2D eigenvalue weighted by molar-refractivity contribution is 14.1. The fourth-order valence-corrected chi connectivity index (χ4v) is 5.04. The second kappa shape index (κ2) is 10.4. The lowest BCUT2D eigenvalue weighted by Gasteiger charge is -2.11. The molecule has 0 aliphatic carbocycles. The number of rotatable bonds is 5. The highest BCUT2D eigenvalue weighted by atomic mass is 127. The highest BCUT2D eigenvalue weighted by Crippen LogP contribution is 2.34.